The number of carbonyl (C=O) groups excluding carboxylic acids is 1. The van der Waals surface area contributed by atoms with E-state index in [2.05, 4.69) is 15.9 Å². The van der Waals surface area contributed by atoms with E-state index in [4.69, 9.17) is 5.14 Å². The van der Waals surface area contributed by atoms with Crippen LogP contribution in [0.5, 0.6) is 0 Å². The number of rotatable bonds is 3. The molecule has 18 heavy (non-hydrogen) atoms. The summed E-state index contributed by atoms with van der Waals surface area (Å²) in [7, 11) is -2.09. The Morgan fingerprint density at radius 2 is 2.00 bits per heavy atom. The molecule has 1 aromatic rings. The van der Waals surface area contributed by atoms with Crippen molar-refractivity contribution < 1.29 is 13.2 Å². The van der Waals surface area contributed by atoms with Crippen molar-refractivity contribution in [3.05, 3.63) is 28.2 Å². The highest BCUT2D eigenvalue weighted by atomic mass is 79.9. The smallest absolute Gasteiger partial charge is 0.253 e. The largest absolute Gasteiger partial charge is 0.339 e. The number of benzene rings is 1. The van der Waals surface area contributed by atoms with Crippen molar-refractivity contribution in [2.24, 2.45) is 5.14 Å². The van der Waals surface area contributed by atoms with Crippen LogP contribution in [0.3, 0.4) is 0 Å². The minimum atomic E-state index is -3.81. The quantitative estimate of drug-likeness (QED) is 0.906. The first-order valence-electron chi connectivity index (χ1n) is 5.39. The molecule has 0 spiro atoms. The van der Waals surface area contributed by atoms with Crippen molar-refractivity contribution >= 4 is 31.9 Å². The molecule has 1 aliphatic carbocycles. The van der Waals surface area contributed by atoms with Crippen molar-refractivity contribution in [1.82, 2.24) is 4.90 Å². The van der Waals surface area contributed by atoms with Gasteiger partial charge in [-0.15, -0.1) is 0 Å². The van der Waals surface area contributed by atoms with Gasteiger partial charge in [0, 0.05) is 23.1 Å². The van der Waals surface area contributed by atoms with Gasteiger partial charge in [-0.2, -0.15) is 0 Å². The van der Waals surface area contributed by atoms with Gasteiger partial charge in [0.15, 0.2) is 0 Å². The second-order valence-electron chi connectivity index (χ2n) is 4.37. The van der Waals surface area contributed by atoms with E-state index in [1.807, 2.05) is 0 Å². The van der Waals surface area contributed by atoms with Gasteiger partial charge in [0.25, 0.3) is 5.91 Å². The average molecular weight is 333 g/mol. The van der Waals surface area contributed by atoms with Crippen molar-refractivity contribution in [2.45, 2.75) is 23.8 Å². The summed E-state index contributed by atoms with van der Waals surface area (Å²) < 4.78 is 23.1. The van der Waals surface area contributed by atoms with Crippen LogP contribution in [0.1, 0.15) is 23.2 Å². The van der Waals surface area contributed by atoms with Crippen molar-refractivity contribution in [2.75, 3.05) is 7.05 Å². The zero-order valence-corrected chi connectivity index (χ0v) is 12.2. The molecule has 1 saturated carbocycles. The lowest BCUT2D eigenvalue weighted by Gasteiger charge is -2.16. The monoisotopic (exact) mass is 332 g/mol. The van der Waals surface area contributed by atoms with Gasteiger partial charge in [0.05, 0.1) is 4.90 Å². The molecule has 0 aromatic heterocycles. The van der Waals surface area contributed by atoms with Crippen LogP contribution in [-0.4, -0.2) is 32.3 Å². The van der Waals surface area contributed by atoms with Gasteiger partial charge in [0.1, 0.15) is 0 Å². The molecule has 2 rings (SSSR count). The minimum absolute atomic E-state index is 0.0654. The van der Waals surface area contributed by atoms with Gasteiger partial charge in [-0.05, 0) is 31.0 Å². The zero-order valence-electron chi connectivity index (χ0n) is 9.76. The highest BCUT2D eigenvalue weighted by Crippen LogP contribution is 2.28. The Morgan fingerprint density at radius 3 is 2.50 bits per heavy atom. The predicted octanol–water partition coefficient (Wildman–Crippen LogP) is 1.33. The van der Waals surface area contributed by atoms with Crippen LogP contribution in [0.15, 0.2) is 27.6 Å². The first-order valence-corrected chi connectivity index (χ1v) is 7.73. The molecule has 2 N–H and O–H groups in total. The number of carbonyl (C=O) groups is 1. The Morgan fingerprint density at radius 1 is 1.39 bits per heavy atom. The molecule has 7 heteroatoms. The fourth-order valence-electron chi connectivity index (χ4n) is 1.68. The number of sulfonamides is 1. The number of primary sulfonamides is 1. The Balaban J connectivity index is 2.39. The number of halogens is 1. The van der Waals surface area contributed by atoms with E-state index in [0.29, 0.717) is 10.0 Å². The third-order valence-electron chi connectivity index (χ3n) is 2.86. The summed E-state index contributed by atoms with van der Waals surface area (Å²) >= 11 is 3.18. The van der Waals surface area contributed by atoms with Crippen molar-refractivity contribution in [3.8, 4) is 0 Å². The van der Waals surface area contributed by atoms with Crippen LogP contribution in [0.25, 0.3) is 0 Å². The highest BCUT2D eigenvalue weighted by molar-refractivity contribution is 9.10. The Bertz CT molecular complexity index is 596. The molecule has 1 fully saturated rings. The first-order chi connectivity index (χ1) is 8.29. The molecule has 1 aliphatic rings. The van der Waals surface area contributed by atoms with E-state index in [1.165, 1.54) is 12.1 Å². The SMILES string of the molecule is CN(C(=O)c1cc(Br)cc(S(N)(=O)=O)c1)C1CC1. The molecule has 0 heterocycles. The van der Waals surface area contributed by atoms with Crippen molar-refractivity contribution in [3.63, 3.8) is 0 Å². The van der Waals surface area contributed by atoms with Gasteiger partial charge in [-0.25, -0.2) is 13.6 Å². The maximum atomic E-state index is 12.1. The third-order valence-corrected chi connectivity index (χ3v) is 4.21. The molecule has 98 valence electrons. The summed E-state index contributed by atoms with van der Waals surface area (Å²) in [5.41, 5.74) is 0.322. The van der Waals surface area contributed by atoms with Crippen LogP contribution in [0.4, 0.5) is 0 Å². The fourth-order valence-corrected chi connectivity index (χ4v) is 2.91. The maximum absolute atomic E-state index is 12.1. The minimum Gasteiger partial charge on any atom is -0.339 e. The van der Waals surface area contributed by atoms with Crippen molar-refractivity contribution in [1.29, 1.82) is 0 Å². The zero-order chi connectivity index (χ0) is 13.5. The normalized spacial score (nSPS) is 15.5. The van der Waals surface area contributed by atoms with Gasteiger partial charge in [-0.1, -0.05) is 15.9 Å². The molecule has 1 amide bonds. The topological polar surface area (TPSA) is 80.5 Å². The first kappa shape index (κ1) is 13.5. The predicted molar refractivity (Wildman–Crippen MR) is 70.6 cm³/mol. The fraction of sp³-hybridized carbons (Fsp3) is 0.364. The summed E-state index contributed by atoms with van der Waals surface area (Å²) in [4.78, 5) is 13.7. The standard InChI is InChI=1S/C11H13BrN2O3S/c1-14(9-2-3-9)11(15)7-4-8(12)6-10(5-7)18(13,16)17/h4-6,9H,2-3H2,1H3,(H2,13,16,17). The number of hydrogen-bond donors (Lipinski definition) is 1. The van der Waals surface area contributed by atoms with Gasteiger partial charge in [-0.3, -0.25) is 4.79 Å². The molecule has 0 aliphatic heterocycles. The maximum Gasteiger partial charge on any atom is 0.253 e. The summed E-state index contributed by atoms with van der Waals surface area (Å²) in [5.74, 6) is -0.191. The Hall–Kier alpha value is -0.920. The van der Waals surface area contributed by atoms with Gasteiger partial charge < -0.3 is 4.90 Å². The van der Waals surface area contributed by atoms with Crippen LogP contribution in [0.2, 0.25) is 0 Å². The number of nitrogens with zero attached hydrogens (tertiary/aromatic N) is 1. The number of nitrogens with two attached hydrogens (primary N) is 1. The van der Waals surface area contributed by atoms with Gasteiger partial charge >= 0.3 is 0 Å². The van der Waals surface area contributed by atoms with E-state index in [-0.39, 0.29) is 16.8 Å². The second-order valence-corrected chi connectivity index (χ2v) is 6.84. The molecule has 0 radical (unpaired) electrons. The Labute approximate surface area is 114 Å². The number of amides is 1. The summed E-state index contributed by atoms with van der Waals surface area (Å²) in [6.07, 6.45) is 2.00. The van der Waals surface area contributed by atoms with Crippen LogP contribution >= 0.6 is 15.9 Å². The average Bonchev–Trinajstić information content (AvgIpc) is 3.08. The summed E-state index contributed by atoms with van der Waals surface area (Å²) in [5, 5.41) is 5.07. The van der Waals surface area contributed by atoms with E-state index < -0.39 is 10.0 Å². The molecular weight excluding hydrogens is 320 g/mol. The molecule has 0 atom stereocenters. The van der Waals surface area contributed by atoms with Gasteiger partial charge in [0.2, 0.25) is 10.0 Å². The summed E-state index contributed by atoms with van der Waals surface area (Å²) in [6.45, 7) is 0. The summed E-state index contributed by atoms with van der Waals surface area (Å²) in [6, 6.07) is 4.55. The van der Waals surface area contributed by atoms with Crippen LogP contribution in [0, 0.1) is 0 Å². The molecule has 0 saturated heterocycles. The second kappa shape index (κ2) is 4.64. The van der Waals surface area contributed by atoms with Crippen LogP contribution < -0.4 is 5.14 Å². The van der Waals surface area contributed by atoms with E-state index >= 15 is 0 Å². The molecular formula is C11H13BrN2O3S. The van der Waals surface area contributed by atoms with Crippen LogP contribution in [-0.2, 0) is 10.0 Å². The lowest BCUT2D eigenvalue weighted by Crippen LogP contribution is -2.29. The highest BCUT2D eigenvalue weighted by Gasteiger charge is 2.30. The van der Waals surface area contributed by atoms with E-state index in [9.17, 15) is 13.2 Å². The molecule has 0 unspecified atom stereocenters. The van der Waals surface area contributed by atoms with E-state index in [1.54, 1.807) is 18.0 Å². The third kappa shape index (κ3) is 2.90. The molecule has 0 bridgehead atoms. The lowest BCUT2D eigenvalue weighted by molar-refractivity contribution is 0.0785. The Kier molecular flexibility index (Phi) is 3.48. The lowest BCUT2D eigenvalue weighted by atomic mass is 10.2. The molecule has 1 aromatic carbocycles. The number of hydrogen-bond acceptors (Lipinski definition) is 3. The molecule has 5 nitrogen and oxygen atoms in total. The van der Waals surface area contributed by atoms with E-state index in [0.717, 1.165) is 12.8 Å².